The average molecular weight is 703 g/mol. The van der Waals surface area contributed by atoms with Gasteiger partial charge in [0.1, 0.15) is 21.5 Å². The number of aromatic nitrogens is 3. The fourth-order valence-electron chi connectivity index (χ4n) is 5.66. The third kappa shape index (κ3) is 7.37. The van der Waals surface area contributed by atoms with Crippen molar-refractivity contribution in [2.45, 2.75) is 122 Å². The molecule has 2 atom stereocenters. The molecule has 4 rings (SSSR count). The number of pyridine rings is 1. The summed E-state index contributed by atoms with van der Waals surface area (Å²) in [5.74, 6) is 0.602. The van der Waals surface area contributed by atoms with Gasteiger partial charge in [-0.1, -0.05) is 43.6 Å². The Hall–Kier alpha value is -1.41. The molecule has 0 aromatic carbocycles. The minimum absolute atomic E-state index is 0.117. The van der Waals surface area contributed by atoms with Crippen LogP contribution >= 0.6 is 39.3 Å². The lowest BCUT2D eigenvalue weighted by molar-refractivity contribution is 0.00578. The standard InChI is InChI=1S/C29H43BBrClFN5O4S/c1-10-17-18(13-12-14-30-41-28(6,7)29(8,9)42-30)37(15-16-38(17)26(39)40-27(3,4)5)24-19-21(34-25(36-24)43-11-2)20(33)23(32)35-22(19)31/h17-18H,10-16H2,1-9H3/t17-,18-/m0/s1. The van der Waals surface area contributed by atoms with Crippen molar-refractivity contribution in [1.82, 2.24) is 19.9 Å². The maximum atomic E-state index is 15.4. The fraction of sp³-hybridized carbons (Fsp3) is 0.724. The zero-order chi connectivity index (χ0) is 31.9. The number of nitrogens with zero attached hydrogens (tertiary/aromatic N) is 5. The number of anilines is 1. The molecule has 0 spiro atoms. The number of carbonyl (C=O) groups excluding carboxylic acids is 1. The van der Waals surface area contributed by atoms with Crippen molar-refractivity contribution in [1.29, 1.82) is 0 Å². The molecular formula is C29H43BBrClFN5O4S. The average Bonchev–Trinajstić information content (AvgIpc) is 3.11. The fourth-order valence-corrected chi connectivity index (χ4v) is 7.04. The Kier molecular flexibility index (Phi) is 10.5. The molecule has 0 bridgehead atoms. The number of thioether (sulfide) groups is 1. The zero-order valence-corrected chi connectivity index (χ0v) is 29.8. The predicted molar refractivity (Wildman–Crippen MR) is 175 cm³/mol. The summed E-state index contributed by atoms with van der Waals surface area (Å²) in [5.41, 5.74) is -1.33. The quantitative estimate of drug-likeness (QED) is 0.119. The molecule has 43 heavy (non-hydrogen) atoms. The monoisotopic (exact) mass is 701 g/mol. The van der Waals surface area contributed by atoms with Crippen molar-refractivity contribution in [3.05, 3.63) is 15.6 Å². The van der Waals surface area contributed by atoms with E-state index in [9.17, 15) is 4.79 Å². The first kappa shape index (κ1) is 34.5. The molecule has 2 aliphatic heterocycles. The van der Waals surface area contributed by atoms with E-state index in [1.54, 1.807) is 0 Å². The third-order valence-corrected chi connectivity index (χ3v) is 9.87. The van der Waals surface area contributed by atoms with Crippen LogP contribution in [0.2, 0.25) is 11.5 Å². The van der Waals surface area contributed by atoms with Crippen molar-refractivity contribution in [3.63, 3.8) is 0 Å². The van der Waals surface area contributed by atoms with Crippen molar-refractivity contribution in [2.75, 3.05) is 23.7 Å². The molecule has 0 unspecified atom stereocenters. The molecule has 1 amide bonds. The second-order valence-electron chi connectivity index (χ2n) is 13.0. The Bertz CT molecular complexity index is 1330. The van der Waals surface area contributed by atoms with Gasteiger partial charge in [-0.25, -0.2) is 24.1 Å². The van der Waals surface area contributed by atoms with Gasteiger partial charge >= 0.3 is 13.2 Å². The summed E-state index contributed by atoms with van der Waals surface area (Å²) in [6.45, 7) is 18.7. The van der Waals surface area contributed by atoms with Crippen LogP contribution in [0, 0.1) is 5.82 Å². The molecule has 0 aliphatic carbocycles. The lowest BCUT2D eigenvalue weighted by Crippen LogP contribution is -2.62. The lowest BCUT2D eigenvalue weighted by atomic mass is 9.80. The Morgan fingerprint density at radius 3 is 2.37 bits per heavy atom. The summed E-state index contributed by atoms with van der Waals surface area (Å²) in [4.78, 5) is 31.1. The molecule has 2 aliphatic rings. The van der Waals surface area contributed by atoms with Crippen molar-refractivity contribution < 1.29 is 23.2 Å². The molecule has 2 aromatic rings. The first-order chi connectivity index (χ1) is 20.0. The molecule has 2 aromatic heterocycles. The normalized spacial score (nSPS) is 22.0. The lowest BCUT2D eigenvalue weighted by Gasteiger charge is -2.48. The van der Waals surface area contributed by atoms with Crippen LogP contribution in [0.1, 0.15) is 81.6 Å². The minimum atomic E-state index is -0.682. The van der Waals surface area contributed by atoms with Crippen LogP contribution in [0.3, 0.4) is 0 Å². The number of carbonyl (C=O) groups is 1. The molecule has 9 nitrogen and oxygen atoms in total. The number of fused-ring (bicyclic) bond motifs is 1. The number of piperazine rings is 1. The number of rotatable bonds is 8. The number of hydrogen-bond donors (Lipinski definition) is 0. The van der Waals surface area contributed by atoms with Crippen LogP contribution in [-0.2, 0) is 14.0 Å². The van der Waals surface area contributed by atoms with Crippen molar-refractivity contribution in [3.8, 4) is 0 Å². The second-order valence-corrected chi connectivity index (χ2v) is 15.4. The van der Waals surface area contributed by atoms with E-state index in [-0.39, 0.29) is 36.0 Å². The highest BCUT2D eigenvalue weighted by molar-refractivity contribution is 9.10. The van der Waals surface area contributed by atoms with E-state index in [4.69, 9.17) is 30.6 Å². The van der Waals surface area contributed by atoms with Crippen LogP contribution in [0.4, 0.5) is 15.0 Å². The predicted octanol–water partition coefficient (Wildman–Crippen LogP) is 7.77. The number of amides is 1. The highest BCUT2D eigenvalue weighted by Crippen LogP contribution is 2.41. The second kappa shape index (κ2) is 13.1. The molecule has 238 valence electrons. The summed E-state index contributed by atoms with van der Waals surface area (Å²) in [6.07, 6.45) is 2.53. The molecule has 2 fully saturated rings. The van der Waals surface area contributed by atoms with Crippen molar-refractivity contribution in [2.24, 2.45) is 0 Å². The van der Waals surface area contributed by atoms with E-state index >= 15 is 4.39 Å². The number of hydrogen-bond acceptors (Lipinski definition) is 9. The molecular weight excluding hydrogens is 660 g/mol. The van der Waals surface area contributed by atoms with Gasteiger partial charge in [0, 0.05) is 13.1 Å². The van der Waals surface area contributed by atoms with E-state index in [1.807, 2.05) is 60.3 Å². The Labute approximate surface area is 272 Å². The van der Waals surface area contributed by atoms with Gasteiger partial charge in [-0.15, -0.1) is 0 Å². The van der Waals surface area contributed by atoms with E-state index < -0.39 is 22.6 Å². The van der Waals surface area contributed by atoms with Gasteiger partial charge in [-0.3, -0.25) is 0 Å². The van der Waals surface area contributed by atoms with Crippen molar-refractivity contribution >= 4 is 69.2 Å². The van der Waals surface area contributed by atoms with E-state index in [0.717, 1.165) is 6.42 Å². The third-order valence-electron chi connectivity index (χ3n) is 8.32. The van der Waals surface area contributed by atoms with E-state index in [1.165, 1.54) is 11.8 Å². The molecule has 14 heteroatoms. The first-order valence-electron chi connectivity index (χ1n) is 15.0. The molecule has 4 heterocycles. The highest BCUT2D eigenvalue weighted by atomic mass is 79.9. The van der Waals surface area contributed by atoms with Gasteiger partial charge in [0.25, 0.3) is 0 Å². The van der Waals surface area contributed by atoms with Crippen LogP contribution in [0.5, 0.6) is 0 Å². The Balaban J connectivity index is 1.74. The summed E-state index contributed by atoms with van der Waals surface area (Å²) in [6, 6.07) is -0.338. The molecule has 0 radical (unpaired) electrons. The Morgan fingerprint density at radius 2 is 1.79 bits per heavy atom. The Morgan fingerprint density at radius 1 is 1.14 bits per heavy atom. The van der Waals surface area contributed by atoms with Gasteiger partial charge in [0.2, 0.25) is 0 Å². The largest absolute Gasteiger partial charge is 0.457 e. The highest BCUT2D eigenvalue weighted by Gasteiger charge is 2.51. The number of halogens is 3. The summed E-state index contributed by atoms with van der Waals surface area (Å²) >= 11 is 11.1. The summed E-state index contributed by atoms with van der Waals surface area (Å²) in [5, 5.41) is 0.659. The van der Waals surface area contributed by atoms with Gasteiger partial charge in [0.05, 0.1) is 28.7 Å². The van der Waals surface area contributed by atoms with Gasteiger partial charge in [0.15, 0.2) is 16.1 Å². The molecule has 0 N–H and O–H groups in total. The van der Waals surface area contributed by atoms with Gasteiger partial charge in [-0.2, -0.15) is 0 Å². The maximum Gasteiger partial charge on any atom is 0.457 e. The van der Waals surface area contributed by atoms with Crippen LogP contribution in [0.25, 0.3) is 10.9 Å². The van der Waals surface area contributed by atoms with Gasteiger partial charge in [-0.05, 0) is 89.3 Å². The SMILES string of the molecule is CCSc1nc(N2CCN(C(=O)OC(C)(C)C)[C@@H](CC)[C@@H]2CCCB2OC(C)(C)C(C)(C)O2)c2c(Br)nc(Cl)c(F)c2n1. The maximum absolute atomic E-state index is 15.4. The van der Waals surface area contributed by atoms with Crippen LogP contribution < -0.4 is 4.90 Å². The van der Waals surface area contributed by atoms with E-state index in [2.05, 4.69) is 37.7 Å². The van der Waals surface area contributed by atoms with E-state index in [0.29, 0.717) is 59.0 Å². The van der Waals surface area contributed by atoms with Crippen LogP contribution in [0.15, 0.2) is 9.76 Å². The summed E-state index contributed by atoms with van der Waals surface area (Å²) in [7, 11) is -0.328. The first-order valence-corrected chi connectivity index (χ1v) is 17.1. The molecule has 0 saturated carbocycles. The topological polar surface area (TPSA) is 89.9 Å². The van der Waals surface area contributed by atoms with Gasteiger partial charge < -0.3 is 23.8 Å². The minimum Gasteiger partial charge on any atom is -0.444 e. The smallest absolute Gasteiger partial charge is 0.444 e. The zero-order valence-electron chi connectivity index (χ0n) is 26.6. The number of ether oxygens (including phenoxy) is 1. The molecule has 2 saturated heterocycles. The van der Waals surface area contributed by atoms with Crippen LogP contribution in [-0.4, -0.2) is 80.8 Å². The summed E-state index contributed by atoms with van der Waals surface area (Å²) < 4.78 is 34.1.